The number of ether oxygens (including phenoxy) is 2. The second-order valence-electron chi connectivity index (χ2n) is 5.15. The van der Waals surface area contributed by atoms with Crippen LogP contribution >= 0.6 is 23.7 Å². The maximum absolute atomic E-state index is 9.00. The molecule has 1 aliphatic heterocycles. The lowest BCUT2D eigenvalue weighted by molar-refractivity contribution is -0.224. The summed E-state index contributed by atoms with van der Waals surface area (Å²) < 4.78 is 11.4. The Bertz CT molecular complexity index is 373. The molecular weight excluding hydrogens is 274 g/mol. The fourth-order valence-corrected chi connectivity index (χ4v) is 2.64. The Labute approximate surface area is 117 Å². The van der Waals surface area contributed by atoms with Crippen LogP contribution < -0.4 is 5.73 Å². The third-order valence-electron chi connectivity index (χ3n) is 2.69. The standard InChI is InChI=1S/C12H19NO3S.ClH/c1-12(2)6-15-11(16-7-12)10-4-3-9(17-10)8(13)5-14;/h3-4,8,11,14H,5-7,13H2,1-2H3;1H. The number of aliphatic hydroxyl groups is 1. The largest absolute Gasteiger partial charge is 0.394 e. The maximum Gasteiger partial charge on any atom is 0.193 e. The van der Waals surface area contributed by atoms with Gasteiger partial charge < -0.3 is 20.3 Å². The topological polar surface area (TPSA) is 64.7 Å². The summed E-state index contributed by atoms with van der Waals surface area (Å²) in [6.45, 7) is 5.57. The summed E-state index contributed by atoms with van der Waals surface area (Å²) in [5, 5.41) is 9.00. The highest BCUT2D eigenvalue weighted by molar-refractivity contribution is 7.12. The number of hydrogen-bond acceptors (Lipinski definition) is 5. The minimum absolute atomic E-state index is 0. The zero-order valence-electron chi connectivity index (χ0n) is 10.6. The first-order chi connectivity index (χ1) is 8.02. The third kappa shape index (κ3) is 3.66. The Hall–Kier alpha value is -0.170. The predicted octanol–water partition coefficient (Wildman–Crippen LogP) is 2.23. The molecule has 6 heteroatoms. The number of nitrogens with two attached hydrogens (primary N) is 1. The van der Waals surface area contributed by atoms with Crippen molar-refractivity contribution in [3.05, 3.63) is 21.9 Å². The monoisotopic (exact) mass is 293 g/mol. The molecule has 104 valence electrons. The second-order valence-corrected chi connectivity index (χ2v) is 6.29. The number of aliphatic hydroxyl groups excluding tert-OH is 1. The van der Waals surface area contributed by atoms with Crippen LogP contribution in [0.4, 0.5) is 0 Å². The van der Waals surface area contributed by atoms with Crippen LogP contribution in [-0.2, 0) is 9.47 Å². The smallest absolute Gasteiger partial charge is 0.193 e. The lowest BCUT2D eigenvalue weighted by atomic mass is 9.96. The average molecular weight is 294 g/mol. The van der Waals surface area contributed by atoms with E-state index in [9.17, 15) is 0 Å². The van der Waals surface area contributed by atoms with Gasteiger partial charge in [0.2, 0.25) is 0 Å². The fraction of sp³-hybridized carbons (Fsp3) is 0.667. The highest BCUT2D eigenvalue weighted by atomic mass is 35.5. The van der Waals surface area contributed by atoms with Gasteiger partial charge in [0.05, 0.1) is 30.7 Å². The molecule has 2 rings (SSSR count). The van der Waals surface area contributed by atoms with Gasteiger partial charge in [-0.1, -0.05) is 13.8 Å². The predicted molar refractivity (Wildman–Crippen MR) is 74.0 cm³/mol. The zero-order chi connectivity index (χ0) is 12.5. The molecule has 4 nitrogen and oxygen atoms in total. The van der Waals surface area contributed by atoms with Gasteiger partial charge in [0.1, 0.15) is 0 Å². The molecule has 0 radical (unpaired) electrons. The first-order valence-electron chi connectivity index (χ1n) is 5.71. The van der Waals surface area contributed by atoms with E-state index in [1.54, 1.807) is 0 Å². The number of thiophene rings is 1. The Kier molecular flexibility index (Phi) is 5.58. The van der Waals surface area contributed by atoms with Gasteiger partial charge in [-0.3, -0.25) is 0 Å². The van der Waals surface area contributed by atoms with Crippen LogP contribution in [0.3, 0.4) is 0 Å². The first-order valence-corrected chi connectivity index (χ1v) is 6.53. The lowest BCUT2D eigenvalue weighted by Gasteiger charge is -2.34. The molecule has 1 fully saturated rings. The molecule has 1 atom stereocenters. The number of hydrogen-bond donors (Lipinski definition) is 2. The van der Waals surface area contributed by atoms with E-state index in [4.69, 9.17) is 20.3 Å². The van der Waals surface area contributed by atoms with Crippen LogP contribution in [-0.4, -0.2) is 24.9 Å². The van der Waals surface area contributed by atoms with Gasteiger partial charge in [-0.2, -0.15) is 0 Å². The summed E-state index contributed by atoms with van der Waals surface area (Å²) in [6, 6.07) is 3.57. The molecule has 3 N–H and O–H groups in total. The number of rotatable bonds is 3. The SMILES string of the molecule is CC1(C)COC(c2ccc(C(N)CO)s2)OC1.Cl. The van der Waals surface area contributed by atoms with Crippen LogP contribution in [0.25, 0.3) is 0 Å². The molecule has 18 heavy (non-hydrogen) atoms. The van der Waals surface area contributed by atoms with Gasteiger partial charge >= 0.3 is 0 Å². The van der Waals surface area contributed by atoms with E-state index < -0.39 is 0 Å². The Morgan fingerprint density at radius 2 is 2.06 bits per heavy atom. The molecular formula is C12H20ClNO3S. The first kappa shape index (κ1) is 15.9. The van der Waals surface area contributed by atoms with Gasteiger partial charge in [0.25, 0.3) is 0 Å². The molecule has 1 unspecified atom stereocenters. The van der Waals surface area contributed by atoms with Crippen molar-refractivity contribution < 1.29 is 14.6 Å². The highest BCUT2D eigenvalue weighted by Crippen LogP contribution is 2.35. The van der Waals surface area contributed by atoms with Crippen LogP contribution in [0.15, 0.2) is 12.1 Å². The molecule has 0 amide bonds. The molecule has 1 aromatic heterocycles. The van der Waals surface area contributed by atoms with E-state index in [1.165, 1.54) is 11.3 Å². The molecule has 0 bridgehead atoms. The molecule has 1 aromatic rings. The molecule has 2 heterocycles. The summed E-state index contributed by atoms with van der Waals surface area (Å²) in [7, 11) is 0. The number of halogens is 1. The van der Waals surface area contributed by atoms with Crippen LogP contribution in [0.5, 0.6) is 0 Å². The summed E-state index contributed by atoms with van der Waals surface area (Å²) in [4.78, 5) is 1.97. The fourth-order valence-electron chi connectivity index (χ4n) is 1.64. The summed E-state index contributed by atoms with van der Waals surface area (Å²) in [6.07, 6.45) is -0.285. The minimum Gasteiger partial charge on any atom is -0.394 e. The van der Waals surface area contributed by atoms with Crippen molar-refractivity contribution in [3.63, 3.8) is 0 Å². The molecule has 0 spiro atoms. The van der Waals surface area contributed by atoms with Gasteiger partial charge in [-0.15, -0.1) is 23.7 Å². The van der Waals surface area contributed by atoms with Gasteiger partial charge in [-0.25, -0.2) is 0 Å². The van der Waals surface area contributed by atoms with Crippen molar-refractivity contribution in [2.75, 3.05) is 19.8 Å². The summed E-state index contributed by atoms with van der Waals surface area (Å²) in [5.74, 6) is 0. The Morgan fingerprint density at radius 3 is 2.61 bits per heavy atom. The second kappa shape index (κ2) is 6.32. The summed E-state index contributed by atoms with van der Waals surface area (Å²) >= 11 is 1.54. The van der Waals surface area contributed by atoms with E-state index in [0.717, 1.165) is 9.75 Å². The zero-order valence-corrected chi connectivity index (χ0v) is 12.2. The lowest BCUT2D eigenvalue weighted by Crippen LogP contribution is -2.33. The molecule has 0 saturated carbocycles. The molecule has 1 saturated heterocycles. The normalized spacial score (nSPS) is 21.3. The van der Waals surface area contributed by atoms with Crippen LogP contribution in [0.1, 0.15) is 35.9 Å². The Morgan fingerprint density at radius 1 is 1.44 bits per heavy atom. The van der Waals surface area contributed by atoms with Crippen molar-refractivity contribution in [2.24, 2.45) is 11.1 Å². The van der Waals surface area contributed by atoms with Gasteiger partial charge in [-0.05, 0) is 12.1 Å². The minimum atomic E-state index is -0.311. The van der Waals surface area contributed by atoms with Gasteiger partial charge in [0.15, 0.2) is 6.29 Å². The van der Waals surface area contributed by atoms with E-state index in [-0.39, 0.29) is 36.8 Å². The average Bonchev–Trinajstić information content (AvgIpc) is 2.77. The van der Waals surface area contributed by atoms with Crippen molar-refractivity contribution >= 4 is 23.7 Å². The summed E-state index contributed by atoms with van der Waals surface area (Å²) in [5.41, 5.74) is 5.84. The van der Waals surface area contributed by atoms with Crippen LogP contribution in [0.2, 0.25) is 0 Å². The maximum atomic E-state index is 9.00. The van der Waals surface area contributed by atoms with Crippen molar-refractivity contribution in [2.45, 2.75) is 26.2 Å². The van der Waals surface area contributed by atoms with Crippen molar-refractivity contribution in [1.82, 2.24) is 0 Å². The Balaban J connectivity index is 0.00000162. The van der Waals surface area contributed by atoms with Crippen molar-refractivity contribution in [3.8, 4) is 0 Å². The van der Waals surface area contributed by atoms with E-state index in [1.807, 2.05) is 12.1 Å². The molecule has 0 aliphatic carbocycles. The van der Waals surface area contributed by atoms with E-state index in [0.29, 0.717) is 13.2 Å². The molecule has 0 aromatic carbocycles. The van der Waals surface area contributed by atoms with E-state index >= 15 is 0 Å². The van der Waals surface area contributed by atoms with Gasteiger partial charge in [0, 0.05) is 10.3 Å². The quantitative estimate of drug-likeness (QED) is 0.897. The van der Waals surface area contributed by atoms with Crippen LogP contribution in [0, 0.1) is 5.41 Å². The third-order valence-corrected chi connectivity index (χ3v) is 3.93. The van der Waals surface area contributed by atoms with Crippen molar-refractivity contribution in [1.29, 1.82) is 0 Å². The van der Waals surface area contributed by atoms with E-state index in [2.05, 4.69) is 13.8 Å². The highest BCUT2D eigenvalue weighted by Gasteiger charge is 2.30. The molecule has 1 aliphatic rings.